The minimum atomic E-state index is -0.907. The predicted molar refractivity (Wildman–Crippen MR) is 84.8 cm³/mol. The van der Waals surface area contributed by atoms with Crippen LogP contribution in [0.1, 0.15) is 56.2 Å². The van der Waals surface area contributed by atoms with Gasteiger partial charge in [0.05, 0.1) is 11.1 Å². The lowest BCUT2D eigenvalue weighted by Gasteiger charge is -2.10. The smallest absolute Gasteiger partial charge is 0.337 e. The van der Waals surface area contributed by atoms with E-state index in [2.05, 4.69) is 30.3 Å². The molecule has 0 aliphatic heterocycles. The van der Waals surface area contributed by atoms with Crippen LogP contribution in [0.5, 0.6) is 0 Å². The number of aromatic nitrogens is 2. The van der Waals surface area contributed by atoms with Crippen LogP contribution in [-0.2, 0) is 13.0 Å². The molecule has 0 aliphatic carbocycles. The van der Waals surface area contributed by atoms with Gasteiger partial charge in [0.15, 0.2) is 0 Å². The van der Waals surface area contributed by atoms with E-state index in [-0.39, 0.29) is 0 Å². The number of rotatable bonds is 7. The molecule has 0 fully saturated rings. The molecule has 0 spiro atoms. The molecule has 0 saturated carbocycles. The Balaban J connectivity index is 2.42. The number of fused-ring (bicyclic) bond motifs is 1. The van der Waals surface area contributed by atoms with Gasteiger partial charge in [-0.1, -0.05) is 26.8 Å². The van der Waals surface area contributed by atoms with E-state index in [0.717, 1.165) is 37.1 Å². The highest BCUT2D eigenvalue weighted by Gasteiger charge is 2.16. The predicted octanol–water partition coefficient (Wildman–Crippen LogP) is 4.12. The second-order valence-electron chi connectivity index (χ2n) is 5.94. The zero-order chi connectivity index (χ0) is 15.4. The average Bonchev–Trinajstić information content (AvgIpc) is 2.76. The molecule has 2 aromatic rings. The average molecular weight is 288 g/mol. The van der Waals surface area contributed by atoms with Gasteiger partial charge in [0.2, 0.25) is 0 Å². The van der Waals surface area contributed by atoms with E-state index in [1.165, 1.54) is 6.42 Å². The quantitative estimate of drug-likeness (QED) is 0.833. The molecule has 0 radical (unpaired) electrons. The minimum Gasteiger partial charge on any atom is -0.478 e. The van der Waals surface area contributed by atoms with Crippen LogP contribution in [0.2, 0.25) is 0 Å². The third-order valence-electron chi connectivity index (χ3n) is 3.73. The van der Waals surface area contributed by atoms with Gasteiger partial charge in [0.25, 0.3) is 0 Å². The number of carboxylic acids is 1. The highest BCUT2D eigenvalue weighted by atomic mass is 16.4. The Morgan fingerprint density at radius 2 is 2.14 bits per heavy atom. The molecule has 1 aromatic heterocycles. The summed E-state index contributed by atoms with van der Waals surface area (Å²) >= 11 is 0. The van der Waals surface area contributed by atoms with Crippen LogP contribution >= 0.6 is 0 Å². The molecule has 0 amide bonds. The van der Waals surface area contributed by atoms with Crippen molar-refractivity contribution in [1.29, 1.82) is 0 Å². The third-order valence-corrected chi connectivity index (χ3v) is 3.73. The molecule has 0 aliphatic rings. The molecule has 1 heterocycles. The van der Waals surface area contributed by atoms with Crippen LogP contribution in [0.15, 0.2) is 18.2 Å². The van der Waals surface area contributed by atoms with Gasteiger partial charge in [-0.3, -0.25) is 0 Å². The van der Waals surface area contributed by atoms with Crippen molar-refractivity contribution in [2.45, 2.75) is 53.0 Å². The summed E-state index contributed by atoms with van der Waals surface area (Å²) in [5.41, 5.74) is 1.87. The highest BCUT2D eigenvalue weighted by Crippen LogP contribution is 2.22. The Morgan fingerprint density at radius 3 is 2.76 bits per heavy atom. The molecule has 114 valence electrons. The molecule has 1 aromatic carbocycles. The number of aryl methyl sites for hydroxylation is 2. The molecule has 0 saturated heterocycles. The van der Waals surface area contributed by atoms with Crippen molar-refractivity contribution >= 4 is 17.0 Å². The molecule has 1 N–H and O–H groups in total. The van der Waals surface area contributed by atoms with E-state index in [1.54, 1.807) is 6.07 Å². The summed E-state index contributed by atoms with van der Waals surface area (Å²) in [6.45, 7) is 7.48. The topological polar surface area (TPSA) is 55.1 Å². The standard InChI is InChI=1S/C17H24N2O2/c1-4-7-15-18-16-13(17(20)21)9-5-10-14(16)19(15)11-6-8-12(2)3/h5,9-10,12H,4,6-8,11H2,1-3H3,(H,20,21). The molecule has 21 heavy (non-hydrogen) atoms. The molecular weight excluding hydrogens is 264 g/mol. The van der Waals surface area contributed by atoms with E-state index in [0.29, 0.717) is 17.0 Å². The zero-order valence-corrected chi connectivity index (χ0v) is 13.1. The van der Waals surface area contributed by atoms with Gasteiger partial charge in [-0.2, -0.15) is 0 Å². The third kappa shape index (κ3) is 3.43. The molecule has 0 atom stereocenters. The summed E-state index contributed by atoms with van der Waals surface area (Å²) in [6.07, 6.45) is 4.16. The maximum Gasteiger partial charge on any atom is 0.337 e. The molecular formula is C17H24N2O2. The summed E-state index contributed by atoms with van der Waals surface area (Å²) in [7, 11) is 0. The maximum atomic E-state index is 11.3. The molecule has 0 bridgehead atoms. The van der Waals surface area contributed by atoms with Gasteiger partial charge in [-0.05, 0) is 37.3 Å². The second-order valence-corrected chi connectivity index (χ2v) is 5.94. The van der Waals surface area contributed by atoms with Crippen LogP contribution in [0.4, 0.5) is 0 Å². The number of para-hydroxylation sites is 1. The molecule has 0 unspecified atom stereocenters. The number of aromatic carboxylic acids is 1. The van der Waals surface area contributed by atoms with Gasteiger partial charge in [0.1, 0.15) is 11.3 Å². The first-order chi connectivity index (χ1) is 10.0. The first kappa shape index (κ1) is 15.5. The van der Waals surface area contributed by atoms with Gasteiger partial charge in [0, 0.05) is 13.0 Å². The van der Waals surface area contributed by atoms with Gasteiger partial charge in [-0.25, -0.2) is 9.78 Å². The lowest BCUT2D eigenvalue weighted by atomic mass is 10.1. The number of hydrogen-bond donors (Lipinski definition) is 1. The van der Waals surface area contributed by atoms with E-state index < -0.39 is 5.97 Å². The van der Waals surface area contributed by atoms with Crippen molar-refractivity contribution < 1.29 is 9.90 Å². The van der Waals surface area contributed by atoms with Crippen LogP contribution < -0.4 is 0 Å². The van der Waals surface area contributed by atoms with Crippen LogP contribution in [0.3, 0.4) is 0 Å². The van der Waals surface area contributed by atoms with Crippen molar-refractivity contribution in [3.63, 3.8) is 0 Å². The Morgan fingerprint density at radius 1 is 1.38 bits per heavy atom. The molecule has 2 rings (SSSR count). The number of hydrogen-bond acceptors (Lipinski definition) is 2. The SMILES string of the molecule is CCCc1nc2c(C(=O)O)cccc2n1CCCC(C)C. The van der Waals surface area contributed by atoms with Crippen LogP contribution in [-0.4, -0.2) is 20.6 Å². The fourth-order valence-corrected chi connectivity index (χ4v) is 2.69. The fraction of sp³-hybridized carbons (Fsp3) is 0.529. The number of nitrogens with zero attached hydrogens (tertiary/aromatic N) is 2. The summed E-state index contributed by atoms with van der Waals surface area (Å²) in [5.74, 6) is 0.782. The lowest BCUT2D eigenvalue weighted by molar-refractivity contribution is 0.0699. The van der Waals surface area contributed by atoms with E-state index in [4.69, 9.17) is 0 Å². The van der Waals surface area contributed by atoms with Crippen molar-refractivity contribution in [3.8, 4) is 0 Å². The monoisotopic (exact) mass is 288 g/mol. The second kappa shape index (κ2) is 6.74. The van der Waals surface area contributed by atoms with E-state index in [9.17, 15) is 9.90 Å². The fourth-order valence-electron chi connectivity index (χ4n) is 2.69. The van der Waals surface area contributed by atoms with Gasteiger partial charge >= 0.3 is 5.97 Å². The number of imidazole rings is 1. The Bertz CT molecular complexity index is 629. The maximum absolute atomic E-state index is 11.3. The summed E-state index contributed by atoms with van der Waals surface area (Å²) in [4.78, 5) is 16.0. The molecule has 4 nitrogen and oxygen atoms in total. The largest absolute Gasteiger partial charge is 0.478 e. The highest BCUT2D eigenvalue weighted by molar-refractivity contribution is 6.01. The molecule has 4 heteroatoms. The van der Waals surface area contributed by atoms with Crippen molar-refractivity contribution in [2.75, 3.05) is 0 Å². The van der Waals surface area contributed by atoms with Gasteiger partial charge < -0.3 is 9.67 Å². The normalized spacial score (nSPS) is 11.4. The lowest BCUT2D eigenvalue weighted by Crippen LogP contribution is -2.05. The number of carboxylic acid groups (broad SMARTS) is 1. The van der Waals surface area contributed by atoms with E-state index in [1.807, 2.05) is 12.1 Å². The van der Waals surface area contributed by atoms with Crippen LogP contribution in [0, 0.1) is 5.92 Å². The van der Waals surface area contributed by atoms with Crippen molar-refractivity contribution in [2.24, 2.45) is 5.92 Å². The van der Waals surface area contributed by atoms with Crippen molar-refractivity contribution in [3.05, 3.63) is 29.6 Å². The zero-order valence-electron chi connectivity index (χ0n) is 13.1. The Kier molecular flexibility index (Phi) is 4.99. The summed E-state index contributed by atoms with van der Waals surface area (Å²) in [5, 5.41) is 9.31. The first-order valence-electron chi connectivity index (χ1n) is 7.76. The number of benzene rings is 1. The van der Waals surface area contributed by atoms with Gasteiger partial charge in [-0.15, -0.1) is 0 Å². The van der Waals surface area contributed by atoms with E-state index >= 15 is 0 Å². The van der Waals surface area contributed by atoms with Crippen LogP contribution in [0.25, 0.3) is 11.0 Å². The Labute approximate surface area is 125 Å². The number of carbonyl (C=O) groups is 1. The summed E-state index contributed by atoms with van der Waals surface area (Å²) < 4.78 is 2.20. The summed E-state index contributed by atoms with van der Waals surface area (Å²) in [6, 6.07) is 5.41. The Hall–Kier alpha value is -1.84. The first-order valence-corrected chi connectivity index (χ1v) is 7.76. The minimum absolute atomic E-state index is 0.299. The van der Waals surface area contributed by atoms with Crippen molar-refractivity contribution in [1.82, 2.24) is 9.55 Å².